The third-order valence-corrected chi connectivity index (χ3v) is 8.39. The molecular weight excluding hydrogens is 590 g/mol. The molecule has 1 amide bonds. The maximum atomic E-state index is 13.0. The minimum atomic E-state index is -1.52. The molecule has 1 aliphatic rings. The number of nitrogens with zero attached hydrogens (tertiary/aromatic N) is 2. The van der Waals surface area contributed by atoms with Crippen LogP contribution >= 0.6 is 0 Å². The standard InChI is InChI=1S/C31H45N3O11/c1-3-22(17-16-21-12-8-7-9-13-21)29(31(38)39)25(18-23(45-34(42)43)20-44-33(40)41)30-24(26(35)19-27(30)36)14-10-5-6-11-15-28(37)32-4-2/h3,5,7-10,12-13,22-27,29-30,35-36H,1,4,6,11,14-20H2,2H3,(H,32,37)(H,38,39)/t22?,23-,24+,25?,26+,27-,29?,30+/m1/s1. The summed E-state index contributed by atoms with van der Waals surface area (Å²) >= 11 is 0. The van der Waals surface area contributed by atoms with Gasteiger partial charge in [0.05, 0.1) is 18.1 Å². The van der Waals surface area contributed by atoms with Crippen molar-refractivity contribution in [2.45, 2.75) is 76.6 Å². The molecule has 8 atom stereocenters. The Bertz CT molecular complexity index is 1130. The van der Waals surface area contributed by atoms with Gasteiger partial charge >= 0.3 is 5.97 Å². The minimum Gasteiger partial charge on any atom is -0.481 e. The summed E-state index contributed by atoms with van der Waals surface area (Å²) in [6, 6.07) is 9.38. The first kappa shape index (κ1) is 37.1. The number of carbonyl (C=O) groups excluding carboxylic acids is 1. The second-order valence-corrected chi connectivity index (χ2v) is 11.3. The Morgan fingerprint density at radius 3 is 2.44 bits per heavy atom. The highest BCUT2D eigenvalue weighted by Gasteiger charge is 2.50. The molecule has 4 N–H and O–H groups in total. The molecule has 1 aromatic carbocycles. The van der Waals surface area contributed by atoms with Crippen LogP contribution in [0.15, 0.2) is 55.1 Å². The van der Waals surface area contributed by atoms with Crippen molar-refractivity contribution in [2.24, 2.45) is 29.6 Å². The maximum Gasteiger partial charge on any atom is 0.307 e. The lowest BCUT2D eigenvalue weighted by Crippen LogP contribution is -2.43. The lowest BCUT2D eigenvalue weighted by atomic mass is 9.67. The monoisotopic (exact) mass is 635 g/mol. The number of carboxylic acids is 1. The number of aliphatic hydroxyl groups excluding tert-OH is 2. The van der Waals surface area contributed by atoms with Gasteiger partial charge in [-0.1, -0.05) is 48.6 Å². The number of rotatable bonds is 22. The van der Waals surface area contributed by atoms with E-state index in [0.717, 1.165) is 5.56 Å². The summed E-state index contributed by atoms with van der Waals surface area (Å²) in [5.74, 6) is -5.68. The molecule has 0 heterocycles. The summed E-state index contributed by atoms with van der Waals surface area (Å²) in [5.41, 5.74) is 0.963. The van der Waals surface area contributed by atoms with Gasteiger partial charge in [-0.3, -0.25) is 9.59 Å². The quantitative estimate of drug-likeness (QED) is 0.0626. The van der Waals surface area contributed by atoms with Gasteiger partial charge < -0.3 is 30.3 Å². The minimum absolute atomic E-state index is 0.0435. The number of unbranched alkanes of at least 4 members (excludes halogenated alkanes) is 1. The van der Waals surface area contributed by atoms with Crippen molar-refractivity contribution in [3.8, 4) is 0 Å². The van der Waals surface area contributed by atoms with E-state index < -0.39 is 70.7 Å². The van der Waals surface area contributed by atoms with Crippen molar-refractivity contribution >= 4 is 11.9 Å². The van der Waals surface area contributed by atoms with Crippen molar-refractivity contribution in [3.05, 3.63) is 80.9 Å². The molecule has 1 aromatic rings. The van der Waals surface area contributed by atoms with E-state index in [-0.39, 0.29) is 25.2 Å². The Morgan fingerprint density at radius 2 is 1.84 bits per heavy atom. The van der Waals surface area contributed by atoms with E-state index in [4.69, 9.17) is 4.84 Å². The van der Waals surface area contributed by atoms with Crippen LogP contribution in [0.1, 0.15) is 57.4 Å². The highest BCUT2D eigenvalue weighted by molar-refractivity contribution is 5.75. The molecule has 1 saturated carbocycles. The molecule has 45 heavy (non-hydrogen) atoms. The average molecular weight is 636 g/mol. The molecule has 3 unspecified atom stereocenters. The van der Waals surface area contributed by atoms with Crippen LogP contribution in [0, 0.1) is 49.8 Å². The van der Waals surface area contributed by atoms with Gasteiger partial charge in [-0.15, -0.1) is 26.8 Å². The Hall–Kier alpha value is -4.04. The Kier molecular flexibility index (Phi) is 16.0. The van der Waals surface area contributed by atoms with Crippen molar-refractivity contribution in [1.82, 2.24) is 5.32 Å². The predicted octanol–water partition coefficient (Wildman–Crippen LogP) is 3.52. The Labute approximate surface area is 262 Å². The van der Waals surface area contributed by atoms with Gasteiger partial charge in [-0.2, -0.15) is 0 Å². The fourth-order valence-corrected chi connectivity index (χ4v) is 6.44. The third kappa shape index (κ3) is 12.5. The van der Waals surface area contributed by atoms with Crippen molar-refractivity contribution in [2.75, 3.05) is 13.2 Å². The summed E-state index contributed by atoms with van der Waals surface area (Å²) in [6.45, 7) is 5.40. The van der Waals surface area contributed by atoms with Crippen LogP contribution in [-0.2, 0) is 25.7 Å². The van der Waals surface area contributed by atoms with Crippen molar-refractivity contribution < 1.29 is 44.8 Å². The summed E-state index contributed by atoms with van der Waals surface area (Å²) < 4.78 is 0. The molecule has 0 radical (unpaired) electrons. The van der Waals surface area contributed by atoms with Gasteiger partial charge in [-0.05, 0) is 81.1 Å². The third-order valence-electron chi connectivity index (χ3n) is 8.39. The number of carboxylic acid groups (broad SMARTS) is 1. The summed E-state index contributed by atoms with van der Waals surface area (Å²) in [7, 11) is 0. The van der Waals surface area contributed by atoms with Crippen LogP contribution in [0.5, 0.6) is 0 Å². The smallest absolute Gasteiger partial charge is 0.307 e. The van der Waals surface area contributed by atoms with E-state index in [9.17, 15) is 45.1 Å². The van der Waals surface area contributed by atoms with E-state index in [2.05, 4.69) is 16.7 Å². The van der Waals surface area contributed by atoms with Gasteiger partial charge in [0.15, 0.2) is 0 Å². The van der Waals surface area contributed by atoms with Crippen LogP contribution in [0.4, 0.5) is 0 Å². The number of aliphatic hydroxyl groups is 2. The number of carbonyl (C=O) groups is 2. The van der Waals surface area contributed by atoms with E-state index >= 15 is 0 Å². The predicted molar refractivity (Wildman–Crippen MR) is 162 cm³/mol. The first-order valence-corrected chi connectivity index (χ1v) is 15.2. The number of aliphatic carboxylic acids is 1. The van der Waals surface area contributed by atoms with Crippen LogP contribution in [0.3, 0.4) is 0 Å². The molecule has 0 spiro atoms. The van der Waals surface area contributed by atoms with Crippen molar-refractivity contribution in [1.29, 1.82) is 0 Å². The first-order chi connectivity index (χ1) is 21.5. The zero-order valence-corrected chi connectivity index (χ0v) is 25.5. The van der Waals surface area contributed by atoms with Crippen LogP contribution < -0.4 is 5.32 Å². The molecule has 0 saturated heterocycles. The van der Waals surface area contributed by atoms with Gasteiger partial charge in [0.2, 0.25) is 5.91 Å². The van der Waals surface area contributed by atoms with Crippen LogP contribution in [-0.4, -0.2) is 68.8 Å². The molecule has 250 valence electrons. The number of allylic oxidation sites excluding steroid dienone is 3. The van der Waals surface area contributed by atoms with Gasteiger partial charge in [0, 0.05) is 13.0 Å². The molecular formula is C31H45N3O11. The lowest BCUT2D eigenvalue weighted by molar-refractivity contribution is -0.790. The molecule has 0 aromatic heterocycles. The molecule has 1 aliphatic carbocycles. The largest absolute Gasteiger partial charge is 0.481 e. The second-order valence-electron chi connectivity index (χ2n) is 11.3. The molecule has 14 nitrogen and oxygen atoms in total. The SMILES string of the molecule is C=CC(CCc1ccccc1)C(C(=O)O)C(C[C@H](CO[N+](=O)[O-])O[N+](=O)[O-])[C@@H]1[C@@H](CC=CCCCC(=O)NCC)[C@@H](O)C[C@H]1O. The number of nitrogens with one attached hydrogen (secondary N) is 1. The highest BCUT2D eigenvalue weighted by Crippen LogP contribution is 2.47. The number of benzene rings is 1. The fourth-order valence-electron chi connectivity index (χ4n) is 6.44. The van der Waals surface area contributed by atoms with Crippen LogP contribution in [0.25, 0.3) is 0 Å². The number of hydrogen-bond donors (Lipinski definition) is 4. The van der Waals surface area contributed by atoms with E-state index in [1.165, 1.54) is 6.08 Å². The zero-order chi connectivity index (χ0) is 33.4. The Balaban J connectivity index is 2.41. The van der Waals surface area contributed by atoms with E-state index in [1.807, 2.05) is 49.4 Å². The average Bonchev–Trinajstić information content (AvgIpc) is 3.26. The van der Waals surface area contributed by atoms with Gasteiger partial charge in [-0.25, -0.2) is 0 Å². The maximum absolute atomic E-state index is 13.0. The van der Waals surface area contributed by atoms with Gasteiger partial charge in [0.25, 0.3) is 10.2 Å². The molecule has 1 fully saturated rings. The topological polar surface area (TPSA) is 212 Å². The summed E-state index contributed by atoms with van der Waals surface area (Å²) in [6.07, 6.45) is 3.74. The molecule has 2 rings (SSSR count). The molecule has 0 bridgehead atoms. The number of amides is 1. The lowest BCUT2D eigenvalue weighted by Gasteiger charge is -2.39. The first-order valence-electron chi connectivity index (χ1n) is 15.2. The Morgan fingerprint density at radius 1 is 1.13 bits per heavy atom. The number of hydrogen-bond acceptors (Lipinski definition) is 10. The fraction of sp³-hybridized carbons (Fsp3) is 0.613. The van der Waals surface area contributed by atoms with E-state index in [0.29, 0.717) is 38.6 Å². The summed E-state index contributed by atoms with van der Waals surface area (Å²) in [5, 5.41) is 55.4. The molecule has 14 heteroatoms. The van der Waals surface area contributed by atoms with Gasteiger partial charge in [0.1, 0.15) is 12.7 Å². The second kappa shape index (κ2) is 19.4. The summed E-state index contributed by atoms with van der Waals surface area (Å²) in [4.78, 5) is 55.9. The van der Waals surface area contributed by atoms with Crippen LogP contribution in [0.2, 0.25) is 0 Å². The number of aryl methyl sites for hydroxylation is 1. The molecule has 0 aliphatic heterocycles. The normalized spacial score (nSPS) is 22.2. The van der Waals surface area contributed by atoms with E-state index in [1.54, 1.807) is 0 Å². The van der Waals surface area contributed by atoms with Crippen molar-refractivity contribution in [3.63, 3.8) is 0 Å². The highest BCUT2D eigenvalue weighted by atomic mass is 17.0. The zero-order valence-electron chi connectivity index (χ0n) is 25.5.